The molecule has 0 spiro atoms. The molecular weight excluding hydrogens is 358 g/mol. The van der Waals surface area contributed by atoms with Gasteiger partial charge in [-0.1, -0.05) is 42.5 Å². The Morgan fingerprint density at radius 2 is 1.48 bits per heavy atom. The first-order valence-electron chi connectivity index (χ1n) is 10.1. The number of rotatable bonds is 3. The van der Waals surface area contributed by atoms with Gasteiger partial charge in [0, 0.05) is 18.0 Å². The minimum atomic E-state index is 0.389. The predicted molar refractivity (Wildman–Crippen MR) is 114 cm³/mol. The summed E-state index contributed by atoms with van der Waals surface area (Å²) in [5.74, 6) is 0.389. The second kappa shape index (κ2) is 7.55. The molecule has 2 aromatic heterocycles. The molecule has 0 fully saturated rings. The van der Waals surface area contributed by atoms with E-state index in [1.165, 1.54) is 11.1 Å². The highest BCUT2D eigenvalue weighted by Gasteiger charge is 2.19. The van der Waals surface area contributed by atoms with Crippen molar-refractivity contribution in [2.24, 2.45) is 0 Å². The second-order valence-electron chi connectivity index (χ2n) is 7.62. The van der Waals surface area contributed by atoms with Crippen LogP contribution in [-0.2, 0) is 32.2 Å². The van der Waals surface area contributed by atoms with Gasteiger partial charge in [0.2, 0.25) is 0 Å². The largest absolute Gasteiger partial charge is 0.507 e. The van der Waals surface area contributed by atoms with E-state index in [4.69, 9.17) is 0 Å². The van der Waals surface area contributed by atoms with E-state index in [2.05, 4.69) is 46.5 Å². The summed E-state index contributed by atoms with van der Waals surface area (Å²) in [5.41, 5.74) is 7.56. The number of phenolic OH excluding ortho intramolecular Hbond substituents is 1. The van der Waals surface area contributed by atoms with Crippen LogP contribution in [0.1, 0.15) is 27.9 Å². The lowest BCUT2D eigenvalue weighted by Crippen LogP contribution is -2.07. The summed E-state index contributed by atoms with van der Waals surface area (Å²) in [6, 6.07) is 21.0. The zero-order valence-corrected chi connectivity index (χ0v) is 16.3. The maximum Gasteiger partial charge on any atom is 0.128 e. The van der Waals surface area contributed by atoms with Crippen LogP contribution in [0.5, 0.6) is 5.75 Å². The van der Waals surface area contributed by atoms with Gasteiger partial charge in [0.25, 0.3) is 0 Å². The number of aryl methyl sites for hydroxylation is 4. The van der Waals surface area contributed by atoms with Crippen molar-refractivity contribution in [1.82, 2.24) is 14.8 Å². The van der Waals surface area contributed by atoms with E-state index in [1.807, 2.05) is 28.9 Å². The molecule has 4 bridgehead atoms. The maximum absolute atomic E-state index is 11.2. The third-order valence-corrected chi connectivity index (χ3v) is 5.75. The lowest BCUT2D eigenvalue weighted by atomic mass is 9.91. The van der Waals surface area contributed by atoms with Crippen molar-refractivity contribution in [1.29, 1.82) is 0 Å². The number of hydrogen-bond donors (Lipinski definition) is 1. The van der Waals surface area contributed by atoms with Gasteiger partial charge in [0.05, 0.1) is 17.9 Å². The third-order valence-electron chi connectivity index (χ3n) is 5.75. The maximum atomic E-state index is 11.2. The highest BCUT2D eigenvalue weighted by Crippen LogP contribution is 2.37. The van der Waals surface area contributed by atoms with Gasteiger partial charge in [0.15, 0.2) is 0 Å². The lowest BCUT2D eigenvalue weighted by Gasteiger charge is -2.18. The Labute approximate surface area is 170 Å². The molecule has 0 amide bonds. The van der Waals surface area contributed by atoms with E-state index in [1.54, 1.807) is 12.4 Å². The van der Waals surface area contributed by atoms with Crippen molar-refractivity contribution in [3.63, 3.8) is 0 Å². The van der Waals surface area contributed by atoms with Crippen molar-refractivity contribution >= 4 is 0 Å². The fraction of sp³-hybridized carbons (Fsp3) is 0.200. The average molecular weight is 381 g/mol. The summed E-state index contributed by atoms with van der Waals surface area (Å²) in [6.07, 6.45) is 7.14. The third kappa shape index (κ3) is 3.54. The fourth-order valence-electron chi connectivity index (χ4n) is 4.12. The highest BCUT2D eigenvalue weighted by molar-refractivity contribution is 5.73. The SMILES string of the molecule is Oc1c2ccc(c1-c1ccnn1Cc1ccccn1)CCc1ccc(cc1)CC2. The van der Waals surface area contributed by atoms with E-state index in [0.29, 0.717) is 12.3 Å². The van der Waals surface area contributed by atoms with Gasteiger partial charge in [-0.3, -0.25) is 9.67 Å². The molecule has 1 N–H and O–H groups in total. The van der Waals surface area contributed by atoms with Crippen LogP contribution in [0, 0.1) is 0 Å². The van der Waals surface area contributed by atoms with E-state index in [0.717, 1.165) is 53.8 Å². The number of hydrogen-bond acceptors (Lipinski definition) is 3. The minimum Gasteiger partial charge on any atom is -0.507 e. The van der Waals surface area contributed by atoms with Crippen molar-refractivity contribution in [2.75, 3.05) is 0 Å². The van der Waals surface area contributed by atoms with Crippen molar-refractivity contribution < 1.29 is 5.11 Å². The Morgan fingerprint density at radius 1 is 0.759 bits per heavy atom. The predicted octanol–water partition coefficient (Wildman–Crippen LogP) is 4.58. The molecule has 29 heavy (non-hydrogen) atoms. The molecule has 4 nitrogen and oxygen atoms in total. The van der Waals surface area contributed by atoms with Crippen molar-refractivity contribution in [3.05, 3.63) is 101 Å². The zero-order valence-electron chi connectivity index (χ0n) is 16.3. The minimum absolute atomic E-state index is 0.389. The van der Waals surface area contributed by atoms with Crippen LogP contribution >= 0.6 is 0 Å². The van der Waals surface area contributed by atoms with E-state index >= 15 is 0 Å². The topological polar surface area (TPSA) is 50.9 Å². The summed E-state index contributed by atoms with van der Waals surface area (Å²) in [6.45, 7) is 0.576. The molecule has 144 valence electrons. The van der Waals surface area contributed by atoms with Gasteiger partial charge < -0.3 is 5.11 Å². The standard InChI is InChI=1S/C25H23N3O/c29-25-21-11-9-19-6-4-18(5-7-19)8-10-20(12-13-21)24(25)23-14-16-27-28(23)17-22-3-1-2-15-26-22/h1-7,12-16,29H,8-11,17H2. The smallest absolute Gasteiger partial charge is 0.128 e. The Morgan fingerprint density at radius 3 is 2.21 bits per heavy atom. The van der Waals surface area contributed by atoms with E-state index < -0.39 is 0 Å². The second-order valence-corrected chi connectivity index (χ2v) is 7.62. The van der Waals surface area contributed by atoms with Crippen LogP contribution < -0.4 is 0 Å². The first-order chi connectivity index (χ1) is 14.3. The lowest BCUT2D eigenvalue weighted by molar-refractivity contribution is 0.468. The molecule has 0 radical (unpaired) electrons. The molecule has 4 aliphatic rings. The van der Waals surface area contributed by atoms with Crippen LogP contribution in [0.15, 0.2) is 73.1 Å². The summed E-state index contributed by atoms with van der Waals surface area (Å²) in [5, 5.41) is 15.8. The number of aromatic hydroxyl groups is 1. The van der Waals surface area contributed by atoms with Gasteiger partial charge in [-0.2, -0.15) is 5.10 Å². The average Bonchev–Trinajstić information content (AvgIpc) is 3.19. The van der Waals surface area contributed by atoms with Crippen molar-refractivity contribution in [2.45, 2.75) is 32.2 Å². The summed E-state index contributed by atoms with van der Waals surface area (Å²) >= 11 is 0. The Bertz CT molecular complexity index is 1130. The number of phenols is 1. The Balaban J connectivity index is 1.58. The number of nitrogens with zero attached hydrogens (tertiary/aromatic N) is 3. The van der Waals surface area contributed by atoms with Crippen LogP contribution in [0.2, 0.25) is 0 Å². The Kier molecular flexibility index (Phi) is 4.60. The molecule has 0 saturated heterocycles. The van der Waals surface area contributed by atoms with Crippen molar-refractivity contribution in [3.8, 4) is 17.0 Å². The van der Waals surface area contributed by atoms with E-state index in [-0.39, 0.29) is 0 Å². The summed E-state index contributed by atoms with van der Waals surface area (Å²) in [4.78, 5) is 4.43. The normalized spacial score (nSPS) is 13.2. The summed E-state index contributed by atoms with van der Waals surface area (Å²) in [7, 11) is 0. The molecule has 4 heteroatoms. The molecular formula is C25H23N3O. The first-order valence-corrected chi connectivity index (χ1v) is 10.1. The Hall–Kier alpha value is -3.40. The molecule has 0 unspecified atom stereocenters. The van der Waals surface area contributed by atoms with Crippen LogP contribution in [0.3, 0.4) is 0 Å². The van der Waals surface area contributed by atoms with Crippen LogP contribution in [0.25, 0.3) is 11.3 Å². The molecule has 0 atom stereocenters. The van der Waals surface area contributed by atoms with E-state index in [9.17, 15) is 5.11 Å². The molecule has 8 rings (SSSR count). The number of benzene rings is 2. The van der Waals surface area contributed by atoms with Gasteiger partial charge in [-0.15, -0.1) is 0 Å². The molecule has 4 aromatic rings. The van der Waals surface area contributed by atoms with Gasteiger partial charge in [0.1, 0.15) is 5.75 Å². The summed E-state index contributed by atoms with van der Waals surface area (Å²) < 4.78 is 1.93. The molecule has 2 aromatic carbocycles. The molecule has 2 heterocycles. The highest BCUT2D eigenvalue weighted by atomic mass is 16.3. The number of pyridine rings is 1. The number of aromatic nitrogens is 3. The monoisotopic (exact) mass is 381 g/mol. The van der Waals surface area contributed by atoms with Gasteiger partial charge in [-0.05, 0) is 66.1 Å². The van der Waals surface area contributed by atoms with Gasteiger partial charge in [-0.25, -0.2) is 0 Å². The molecule has 0 saturated carbocycles. The molecule has 0 aliphatic heterocycles. The fourth-order valence-corrected chi connectivity index (χ4v) is 4.12. The van der Waals surface area contributed by atoms with Crippen LogP contribution in [0.4, 0.5) is 0 Å². The quantitative estimate of drug-likeness (QED) is 0.565. The molecule has 4 aliphatic carbocycles. The van der Waals surface area contributed by atoms with Crippen LogP contribution in [-0.4, -0.2) is 19.9 Å². The zero-order chi connectivity index (χ0) is 19.6. The first kappa shape index (κ1) is 17.7. The van der Waals surface area contributed by atoms with Gasteiger partial charge >= 0.3 is 0 Å².